The fourth-order valence-corrected chi connectivity index (χ4v) is 3.15. The Morgan fingerprint density at radius 1 is 0.783 bits per heavy atom. The number of nitrogens with two attached hydrogens (primary N) is 1. The number of anilines is 1. The maximum absolute atomic E-state index is 11.7. The van der Waals surface area contributed by atoms with Gasteiger partial charge in [0.2, 0.25) is 0 Å². The van der Waals surface area contributed by atoms with E-state index < -0.39 is 0 Å². The van der Waals surface area contributed by atoms with Crippen LogP contribution < -0.4 is 5.73 Å². The molecular formula is C20H15NO2. The molecule has 4 aromatic rings. The van der Waals surface area contributed by atoms with Crippen LogP contribution >= 0.6 is 0 Å². The van der Waals surface area contributed by atoms with Crippen molar-refractivity contribution in [2.24, 2.45) is 0 Å². The minimum absolute atomic E-state index is 0.319. The second-order valence-electron chi connectivity index (χ2n) is 5.63. The third-order valence-corrected chi connectivity index (χ3v) is 4.28. The van der Waals surface area contributed by atoms with E-state index in [2.05, 4.69) is 24.3 Å². The van der Waals surface area contributed by atoms with E-state index in [0.29, 0.717) is 5.56 Å². The molecule has 4 rings (SSSR count). The zero-order valence-electron chi connectivity index (χ0n) is 12.7. The average molecular weight is 301 g/mol. The minimum atomic E-state index is -0.319. The van der Waals surface area contributed by atoms with Gasteiger partial charge in [-0.3, -0.25) is 0 Å². The second-order valence-corrected chi connectivity index (χ2v) is 5.63. The Balaban J connectivity index is 2.05. The van der Waals surface area contributed by atoms with Crippen molar-refractivity contribution in [2.45, 2.75) is 0 Å². The zero-order chi connectivity index (χ0) is 16.0. The molecule has 3 heteroatoms. The van der Waals surface area contributed by atoms with Gasteiger partial charge < -0.3 is 10.5 Å². The van der Waals surface area contributed by atoms with Gasteiger partial charge >= 0.3 is 5.97 Å². The number of esters is 1. The molecule has 4 aromatic carbocycles. The molecule has 3 nitrogen and oxygen atoms in total. The predicted octanol–water partition coefficient (Wildman–Crippen LogP) is 4.52. The van der Waals surface area contributed by atoms with E-state index in [4.69, 9.17) is 10.5 Å². The first-order chi connectivity index (χ1) is 11.2. The Bertz CT molecular complexity index is 1080. The van der Waals surface area contributed by atoms with E-state index in [0.717, 1.165) is 27.2 Å². The van der Waals surface area contributed by atoms with Crippen LogP contribution in [0.1, 0.15) is 10.4 Å². The van der Waals surface area contributed by atoms with Gasteiger partial charge in [0, 0.05) is 5.69 Å². The number of carbonyl (C=O) groups is 1. The summed E-state index contributed by atoms with van der Waals surface area (Å²) in [6, 6.07) is 19.9. The highest BCUT2D eigenvalue weighted by Crippen LogP contribution is 2.32. The van der Waals surface area contributed by atoms with Gasteiger partial charge in [-0.25, -0.2) is 4.79 Å². The summed E-state index contributed by atoms with van der Waals surface area (Å²) in [4.78, 5) is 11.7. The van der Waals surface area contributed by atoms with Crippen LogP contribution in [0.5, 0.6) is 0 Å². The monoisotopic (exact) mass is 301 g/mol. The summed E-state index contributed by atoms with van der Waals surface area (Å²) in [5.74, 6) is -0.319. The standard InChI is InChI=1S/C20H15NO2/c1-23-20(22)14-4-6-16-12(10-14)2-7-19-17-9-5-15(21)11-13(17)3-8-18(16)19/h2-11H,21H2,1H3. The molecule has 0 fully saturated rings. The molecule has 2 N–H and O–H groups in total. The van der Waals surface area contributed by atoms with Crippen LogP contribution in [0.2, 0.25) is 0 Å². The number of ether oxygens (including phenoxy) is 1. The lowest BCUT2D eigenvalue weighted by Crippen LogP contribution is -2.00. The number of hydrogen-bond donors (Lipinski definition) is 1. The highest BCUT2D eigenvalue weighted by molar-refractivity contribution is 6.18. The van der Waals surface area contributed by atoms with Gasteiger partial charge in [-0.1, -0.05) is 36.4 Å². The summed E-state index contributed by atoms with van der Waals surface area (Å²) in [5.41, 5.74) is 7.20. The zero-order valence-corrected chi connectivity index (χ0v) is 12.7. The number of fused-ring (bicyclic) bond motifs is 5. The van der Waals surface area contributed by atoms with Crippen LogP contribution in [0.15, 0.2) is 60.7 Å². The number of nitrogen functional groups attached to an aromatic ring is 1. The van der Waals surface area contributed by atoms with Crippen LogP contribution in [0.25, 0.3) is 32.3 Å². The summed E-state index contributed by atoms with van der Waals surface area (Å²) in [6.07, 6.45) is 0. The Morgan fingerprint density at radius 2 is 1.35 bits per heavy atom. The molecule has 0 aliphatic rings. The van der Waals surface area contributed by atoms with Gasteiger partial charge in [-0.15, -0.1) is 0 Å². The van der Waals surface area contributed by atoms with E-state index in [1.807, 2.05) is 30.3 Å². The molecule has 0 amide bonds. The summed E-state index contributed by atoms with van der Waals surface area (Å²) in [6.45, 7) is 0. The summed E-state index contributed by atoms with van der Waals surface area (Å²) < 4.78 is 4.79. The molecule has 112 valence electrons. The maximum Gasteiger partial charge on any atom is 0.337 e. The number of carbonyl (C=O) groups excluding carboxylic acids is 1. The van der Waals surface area contributed by atoms with E-state index in [-0.39, 0.29) is 5.97 Å². The van der Waals surface area contributed by atoms with E-state index in [1.165, 1.54) is 17.9 Å². The number of hydrogen-bond acceptors (Lipinski definition) is 3. The molecule has 0 unspecified atom stereocenters. The van der Waals surface area contributed by atoms with E-state index >= 15 is 0 Å². The molecule has 0 aromatic heterocycles. The van der Waals surface area contributed by atoms with Gasteiger partial charge in [-0.2, -0.15) is 0 Å². The Labute approximate surface area is 133 Å². The van der Waals surface area contributed by atoms with Crippen molar-refractivity contribution in [2.75, 3.05) is 12.8 Å². The summed E-state index contributed by atoms with van der Waals surface area (Å²) in [7, 11) is 1.39. The van der Waals surface area contributed by atoms with Crippen LogP contribution in [0.3, 0.4) is 0 Å². The Morgan fingerprint density at radius 3 is 2.00 bits per heavy atom. The first kappa shape index (κ1) is 13.6. The first-order valence-corrected chi connectivity index (χ1v) is 7.40. The second kappa shape index (κ2) is 4.99. The van der Waals surface area contributed by atoms with Gasteiger partial charge in [0.1, 0.15) is 0 Å². The SMILES string of the molecule is COC(=O)c1ccc2c(ccc3c4ccc(N)cc4ccc23)c1. The number of rotatable bonds is 1. The normalized spacial score (nSPS) is 11.2. The lowest BCUT2D eigenvalue weighted by Gasteiger charge is -2.09. The molecule has 0 spiro atoms. The van der Waals surface area contributed by atoms with Crippen molar-refractivity contribution >= 4 is 44.0 Å². The molecule has 0 aliphatic carbocycles. The minimum Gasteiger partial charge on any atom is -0.465 e. The van der Waals surface area contributed by atoms with Crippen molar-refractivity contribution < 1.29 is 9.53 Å². The smallest absolute Gasteiger partial charge is 0.337 e. The molecular weight excluding hydrogens is 286 g/mol. The highest BCUT2D eigenvalue weighted by Gasteiger charge is 2.09. The fraction of sp³-hybridized carbons (Fsp3) is 0.0500. The van der Waals surface area contributed by atoms with Crippen LogP contribution in [-0.2, 0) is 4.74 Å². The van der Waals surface area contributed by atoms with Crippen LogP contribution in [-0.4, -0.2) is 13.1 Å². The fourth-order valence-electron chi connectivity index (χ4n) is 3.15. The van der Waals surface area contributed by atoms with E-state index in [9.17, 15) is 4.79 Å². The summed E-state index contributed by atoms with van der Waals surface area (Å²) >= 11 is 0. The Kier molecular flexibility index (Phi) is 2.95. The van der Waals surface area contributed by atoms with Gasteiger partial charge in [0.25, 0.3) is 0 Å². The summed E-state index contributed by atoms with van der Waals surface area (Å²) in [5, 5.41) is 6.79. The molecule has 0 heterocycles. The van der Waals surface area contributed by atoms with Gasteiger partial charge in [0.05, 0.1) is 12.7 Å². The maximum atomic E-state index is 11.7. The van der Waals surface area contributed by atoms with Gasteiger partial charge in [0.15, 0.2) is 0 Å². The van der Waals surface area contributed by atoms with E-state index in [1.54, 1.807) is 6.07 Å². The van der Waals surface area contributed by atoms with Crippen molar-refractivity contribution in [3.63, 3.8) is 0 Å². The lowest BCUT2D eigenvalue weighted by molar-refractivity contribution is 0.0601. The van der Waals surface area contributed by atoms with Crippen molar-refractivity contribution in [3.8, 4) is 0 Å². The van der Waals surface area contributed by atoms with Crippen LogP contribution in [0, 0.1) is 0 Å². The van der Waals surface area contributed by atoms with Crippen LogP contribution in [0.4, 0.5) is 5.69 Å². The number of methoxy groups -OCH3 is 1. The van der Waals surface area contributed by atoms with Crippen molar-refractivity contribution in [1.29, 1.82) is 0 Å². The largest absolute Gasteiger partial charge is 0.465 e. The average Bonchev–Trinajstić information content (AvgIpc) is 2.59. The Hall–Kier alpha value is -3.07. The molecule has 0 bridgehead atoms. The molecule has 0 saturated carbocycles. The van der Waals surface area contributed by atoms with Gasteiger partial charge in [-0.05, 0) is 56.6 Å². The molecule has 0 atom stereocenters. The molecule has 23 heavy (non-hydrogen) atoms. The highest BCUT2D eigenvalue weighted by atomic mass is 16.5. The molecule has 0 saturated heterocycles. The topological polar surface area (TPSA) is 52.3 Å². The van der Waals surface area contributed by atoms with Crippen molar-refractivity contribution in [3.05, 3.63) is 66.2 Å². The lowest BCUT2D eigenvalue weighted by atomic mass is 9.96. The predicted molar refractivity (Wildman–Crippen MR) is 94.7 cm³/mol. The third-order valence-electron chi connectivity index (χ3n) is 4.28. The quantitative estimate of drug-likeness (QED) is 0.319. The first-order valence-electron chi connectivity index (χ1n) is 7.40. The van der Waals surface area contributed by atoms with Crippen molar-refractivity contribution in [1.82, 2.24) is 0 Å². The number of benzene rings is 4. The molecule has 0 aliphatic heterocycles. The molecule has 0 radical (unpaired) electrons. The third kappa shape index (κ3) is 2.09.